The summed E-state index contributed by atoms with van der Waals surface area (Å²) in [6.07, 6.45) is 0. The lowest BCUT2D eigenvalue weighted by Gasteiger charge is -2.12. The zero-order valence-electron chi connectivity index (χ0n) is 9.40. The van der Waals surface area contributed by atoms with Crippen molar-refractivity contribution in [2.24, 2.45) is 0 Å². The third kappa shape index (κ3) is 2.47. The maximum absolute atomic E-state index is 10.9. The molecule has 0 aromatic heterocycles. The maximum Gasteiger partial charge on any atom is 0.172 e. The minimum absolute atomic E-state index is 0.268. The summed E-state index contributed by atoms with van der Waals surface area (Å²) in [5.74, 6) is -2.03. The molecule has 0 amide bonds. The normalized spacial score (nSPS) is 12.3. The van der Waals surface area contributed by atoms with Gasteiger partial charge in [0, 0.05) is 0 Å². The molecule has 7 heteroatoms. The van der Waals surface area contributed by atoms with Crippen LogP contribution in [-0.2, 0) is 11.1 Å². The van der Waals surface area contributed by atoms with Crippen LogP contribution in [0.15, 0.2) is 35.2 Å². The van der Waals surface area contributed by atoms with Crippen LogP contribution < -0.4 is 0 Å². The smallest absolute Gasteiger partial charge is 0.172 e. The van der Waals surface area contributed by atoms with Crippen LogP contribution in [0.1, 0.15) is 0 Å². The van der Waals surface area contributed by atoms with Crippen LogP contribution in [-0.4, -0.2) is 29.2 Å². The van der Waals surface area contributed by atoms with E-state index in [0.717, 1.165) is 12.1 Å². The van der Waals surface area contributed by atoms with Crippen molar-refractivity contribution in [1.29, 1.82) is 0 Å². The van der Waals surface area contributed by atoms with Crippen molar-refractivity contribution in [3.8, 4) is 34.1 Å². The summed E-state index contributed by atoms with van der Waals surface area (Å²) >= 11 is -2.72. The van der Waals surface area contributed by atoms with Crippen molar-refractivity contribution in [3.63, 3.8) is 0 Å². The van der Waals surface area contributed by atoms with Crippen LogP contribution in [0.25, 0.3) is 11.1 Å². The van der Waals surface area contributed by atoms with Crippen LogP contribution in [0.3, 0.4) is 0 Å². The van der Waals surface area contributed by atoms with E-state index in [0.29, 0.717) is 5.56 Å². The van der Waals surface area contributed by atoms with Crippen molar-refractivity contribution < 1.29 is 29.2 Å². The molecule has 4 N–H and O–H groups in total. The van der Waals surface area contributed by atoms with E-state index in [1.165, 1.54) is 18.2 Å². The lowest BCUT2D eigenvalue weighted by molar-refractivity contribution is 0.392. The van der Waals surface area contributed by atoms with Crippen molar-refractivity contribution in [2.75, 3.05) is 0 Å². The molecule has 0 fully saturated rings. The highest BCUT2D eigenvalue weighted by atomic mass is 32.2. The quantitative estimate of drug-likeness (QED) is 0.488. The van der Waals surface area contributed by atoms with Gasteiger partial charge in [-0.3, -0.25) is 4.21 Å². The second-order valence-electron chi connectivity index (χ2n) is 3.78. The number of benzene rings is 2. The SMILES string of the molecule is O=S([O-])c1cc(-c2ccc(O)c(O)c2)cc(O)c1O. The summed E-state index contributed by atoms with van der Waals surface area (Å²) in [4.78, 5) is -0.456. The van der Waals surface area contributed by atoms with Gasteiger partial charge in [-0.25, -0.2) is 0 Å². The van der Waals surface area contributed by atoms with E-state index in [9.17, 15) is 29.2 Å². The zero-order chi connectivity index (χ0) is 14.2. The van der Waals surface area contributed by atoms with Gasteiger partial charge in [-0.15, -0.1) is 0 Å². The highest BCUT2D eigenvalue weighted by Gasteiger charge is 2.12. The van der Waals surface area contributed by atoms with Crippen molar-refractivity contribution in [1.82, 2.24) is 0 Å². The van der Waals surface area contributed by atoms with Gasteiger partial charge in [-0.1, -0.05) is 6.07 Å². The fourth-order valence-corrected chi connectivity index (χ4v) is 2.08. The topological polar surface area (TPSA) is 121 Å². The van der Waals surface area contributed by atoms with Gasteiger partial charge in [-0.2, -0.15) is 0 Å². The molecular weight excluding hydrogens is 272 g/mol. The van der Waals surface area contributed by atoms with Crippen LogP contribution in [0.4, 0.5) is 0 Å². The Bertz CT molecular complexity index is 668. The molecule has 0 spiro atoms. The van der Waals surface area contributed by atoms with Crippen LogP contribution >= 0.6 is 0 Å². The fraction of sp³-hybridized carbons (Fsp3) is 0. The van der Waals surface area contributed by atoms with Gasteiger partial charge in [0.25, 0.3) is 0 Å². The summed E-state index contributed by atoms with van der Waals surface area (Å²) in [7, 11) is 0. The molecule has 0 bridgehead atoms. The first-order valence-corrected chi connectivity index (χ1v) is 6.15. The minimum atomic E-state index is -2.72. The molecule has 19 heavy (non-hydrogen) atoms. The second-order valence-corrected chi connectivity index (χ2v) is 4.69. The Morgan fingerprint density at radius 2 is 1.47 bits per heavy atom. The minimum Gasteiger partial charge on any atom is -0.768 e. The Morgan fingerprint density at radius 1 is 0.842 bits per heavy atom. The Balaban J connectivity index is 2.62. The molecule has 6 nitrogen and oxygen atoms in total. The third-order valence-corrected chi connectivity index (χ3v) is 3.21. The van der Waals surface area contributed by atoms with Crippen molar-refractivity contribution >= 4 is 11.1 Å². The zero-order valence-corrected chi connectivity index (χ0v) is 10.2. The lowest BCUT2D eigenvalue weighted by Crippen LogP contribution is -1.91. The molecule has 2 aromatic carbocycles. The molecule has 0 aliphatic heterocycles. The van der Waals surface area contributed by atoms with Gasteiger partial charge in [0.15, 0.2) is 23.0 Å². The molecule has 100 valence electrons. The molecule has 0 radical (unpaired) electrons. The average molecular weight is 281 g/mol. The molecule has 1 unspecified atom stereocenters. The van der Waals surface area contributed by atoms with E-state index in [2.05, 4.69) is 0 Å². The maximum atomic E-state index is 10.9. The molecule has 2 rings (SSSR count). The molecule has 1 atom stereocenters. The van der Waals surface area contributed by atoms with Gasteiger partial charge in [0.05, 0.1) is 4.90 Å². The molecule has 2 aromatic rings. The van der Waals surface area contributed by atoms with Gasteiger partial charge >= 0.3 is 0 Å². The number of aromatic hydroxyl groups is 4. The summed E-state index contributed by atoms with van der Waals surface area (Å²) in [5.41, 5.74) is 0.641. The first kappa shape index (κ1) is 13.2. The Hall–Kier alpha value is -2.25. The van der Waals surface area contributed by atoms with E-state index >= 15 is 0 Å². The van der Waals surface area contributed by atoms with Crippen molar-refractivity contribution in [3.05, 3.63) is 30.3 Å². The van der Waals surface area contributed by atoms with E-state index in [1.54, 1.807) is 0 Å². The average Bonchev–Trinajstić information content (AvgIpc) is 2.35. The van der Waals surface area contributed by atoms with E-state index < -0.39 is 27.5 Å². The molecule has 0 aliphatic rings. The van der Waals surface area contributed by atoms with Gasteiger partial charge in [0.2, 0.25) is 0 Å². The molecular formula is C12H9O6S-. The van der Waals surface area contributed by atoms with Gasteiger partial charge < -0.3 is 25.0 Å². The van der Waals surface area contributed by atoms with E-state index in [1.807, 2.05) is 0 Å². The molecule has 0 heterocycles. The van der Waals surface area contributed by atoms with Gasteiger partial charge in [0.1, 0.15) is 0 Å². The first-order valence-electron chi connectivity index (χ1n) is 5.07. The lowest BCUT2D eigenvalue weighted by atomic mass is 10.0. The Morgan fingerprint density at radius 3 is 2.05 bits per heavy atom. The summed E-state index contributed by atoms with van der Waals surface area (Å²) in [6, 6.07) is 6.15. The van der Waals surface area contributed by atoms with E-state index in [4.69, 9.17) is 0 Å². The number of hydrogen-bond donors (Lipinski definition) is 4. The van der Waals surface area contributed by atoms with Crippen LogP contribution in [0.2, 0.25) is 0 Å². The Labute approximate surface area is 110 Å². The fourth-order valence-electron chi connectivity index (χ4n) is 1.59. The summed E-state index contributed by atoms with van der Waals surface area (Å²) < 4.78 is 21.8. The first-order chi connectivity index (χ1) is 8.90. The van der Waals surface area contributed by atoms with E-state index in [-0.39, 0.29) is 17.1 Å². The summed E-state index contributed by atoms with van der Waals surface area (Å²) in [5, 5.41) is 37.5. The van der Waals surface area contributed by atoms with Crippen LogP contribution in [0, 0.1) is 0 Å². The standard InChI is InChI=1S/C12H10O6S/c13-8-2-1-6(3-9(8)14)7-4-10(15)12(16)11(5-7)19(17)18/h1-5,13-16H,(H,17,18)/p-1. The second kappa shape index (κ2) is 4.79. The number of phenols is 4. The molecule has 0 aliphatic carbocycles. The Kier molecular flexibility index (Phi) is 3.32. The van der Waals surface area contributed by atoms with Crippen LogP contribution in [0.5, 0.6) is 23.0 Å². The molecule has 0 saturated carbocycles. The predicted octanol–water partition coefficient (Wildman–Crippen LogP) is 1.41. The largest absolute Gasteiger partial charge is 0.768 e. The highest BCUT2D eigenvalue weighted by molar-refractivity contribution is 7.79. The number of rotatable bonds is 2. The summed E-state index contributed by atoms with van der Waals surface area (Å²) in [6.45, 7) is 0. The number of phenolic OH excluding ortho intramolecular Hbond substituents is 4. The molecule has 0 saturated heterocycles. The monoisotopic (exact) mass is 281 g/mol. The number of hydrogen-bond acceptors (Lipinski definition) is 6. The van der Waals surface area contributed by atoms with Gasteiger partial charge in [-0.05, 0) is 46.5 Å². The highest BCUT2D eigenvalue weighted by Crippen LogP contribution is 2.38. The van der Waals surface area contributed by atoms with Crippen molar-refractivity contribution in [2.45, 2.75) is 4.90 Å². The predicted molar refractivity (Wildman–Crippen MR) is 65.7 cm³/mol. The third-order valence-electron chi connectivity index (χ3n) is 2.54.